The van der Waals surface area contributed by atoms with Crippen molar-refractivity contribution in [2.24, 2.45) is 5.73 Å². The summed E-state index contributed by atoms with van der Waals surface area (Å²) in [5.41, 5.74) is 5.51. The van der Waals surface area contributed by atoms with E-state index in [1.807, 2.05) is 0 Å². The molecule has 122 valence electrons. The molecule has 2 fully saturated rings. The van der Waals surface area contributed by atoms with Crippen LogP contribution in [-0.4, -0.2) is 62.6 Å². The van der Waals surface area contributed by atoms with Crippen molar-refractivity contribution >= 4 is 15.7 Å². The van der Waals surface area contributed by atoms with Crippen LogP contribution in [0.2, 0.25) is 0 Å². The van der Waals surface area contributed by atoms with Gasteiger partial charge < -0.3 is 15.4 Å². The molecule has 6 nitrogen and oxygen atoms in total. The van der Waals surface area contributed by atoms with E-state index in [9.17, 15) is 13.2 Å². The Kier molecular flexibility index (Phi) is 5.27. The molecule has 0 radical (unpaired) electrons. The summed E-state index contributed by atoms with van der Waals surface area (Å²) in [5.74, 6) is 0.117. The van der Waals surface area contributed by atoms with E-state index in [0.29, 0.717) is 32.4 Å². The fraction of sp³-hybridized carbons (Fsp3) is 0.929. The molecule has 1 amide bonds. The fourth-order valence-corrected chi connectivity index (χ4v) is 5.07. The normalized spacial score (nSPS) is 27.4. The van der Waals surface area contributed by atoms with Crippen LogP contribution >= 0.6 is 0 Å². The summed E-state index contributed by atoms with van der Waals surface area (Å²) >= 11 is 0. The Bertz CT molecular complexity index is 471. The standard InChI is InChI=1S/C14H26N2O4S/c1-20-9-8-16(12-5-10-21(18,19)11-12)13(17)14(15)6-3-2-4-7-14/h12H,2-11,15H2,1H3. The molecule has 7 heteroatoms. The molecular weight excluding hydrogens is 292 g/mol. The predicted octanol–water partition coefficient (Wildman–Crippen LogP) is 0.310. The van der Waals surface area contributed by atoms with Gasteiger partial charge in [0, 0.05) is 19.7 Å². The first-order valence-corrected chi connectivity index (χ1v) is 9.49. The van der Waals surface area contributed by atoms with E-state index in [0.717, 1.165) is 19.3 Å². The highest BCUT2D eigenvalue weighted by Crippen LogP contribution is 2.29. The van der Waals surface area contributed by atoms with Crippen LogP contribution in [-0.2, 0) is 19.4 Å². The minimum absolute atomic E-state index is 0.0541. The van der Waals surface area contributed by atoms with Crippen LogP contribution < -0.4 is 5.73 Å². The molecule has 0 aromatic heterocycles. The van der Waals surface area contributed by atoms with Crippen LogP contribution in [0.15, 0.2) is 0 Å². The van der Waals surface area contributed by atoms with Crippen molar-refractivity contribution in [3.05, 3.63) is 0 Å². The Morgan fingerprint density at radius 1 is 1.33 bits per heavy atom. The van der Waals surface area contributed by atoms with Crippen LogP contribution in [0, 0.1) is 0 Å². The second-order valence-electron chi connectivity index (χ2n) is 6.27. The fourth-order valence-electron chi connectivity index (χ4n) is 3.34. The number of rotatable bonds is 5. The monoisotopic (exact) mass is 318 g/mol. The molecule has 0 aromatic rings. The van der Waals surface area contributed by atoms with Crippen molar-refractivity contribution in [1.82, 2.24) is 4.90 Å². The maximum Gasteiger partial charge on any atom is 0.243 e. The first-order chi connectivity index (χ1) is 9.88. The summed E-state index contributed by atoms with van der Waals surface area (Å²) in [5, 5.41) is 0. The van der Waals surface area contributed by atoms with E-state index in [-0.39, 0.29) is 23.5 Å². The maximum absolute atomic E-state index is 12.9. The van der Waals surface area contributed by atoms with Gasteiger partial charge in [-0.15, -0.1) is 0 Å². The number of carbonyl (C=O) groups is 1. The van der Waals surface area contributed by atoms with Gasteiger partial charge in [-0.3, -0.25) is 4.79 Å². The first-order valence-electron chi connectivity index (χ1n) is 7.67. The van der Waals surface area contributed by atoms with Crippen LogP contribution in [0.4, 0.5) is 0 Å². The largest absolute Gasteiger partial charge is 0.383 e. The molecule has 1 atom stereocenters. The summed E-state index contributed by atoms with van der Waals surface area (Å²) in [4.78, 5) is 14.5. The van der Waals surface area contributed by atoms with Crippen molar-refractivity contribution in [3.63, 3.8) is 0 Å². The van der Waals surface area contributed by atoms with Gasteiger partial charge in [-0.1, -0.05) is 19.3 Å². The van der Waals surface area contributed by atoms with E-state index in [1.54, 1.807) is 12.0 Å². The predicted molar refractivity (Wildman–Crippen MR) is 80.7 cm³/mol. The number of carbonyl (C=O) groups excluding carboxylic acids is 1. The van der Waals surface area contributed by atoms with Gasteiger partial charge in [0.25, 0.3) is 0 Å². The van der Waals surface area contributed by atoms with E-state index in [1.165, 1.54) is 0 Å². The van der Waals surface area contributed by atoms with Gasteiger partial charge in [-0.25, -0.2) is 8.42 Å². The highest BCUT2D eigenvalue weighted by molar-refractivity contribution is 7.91. The van der Waals surface area contributed by atoms with E-state index in [4.69, 9.17) is 10.5 Å². The van der Waals surface area contributed by atoms with Crippen molar-refractivity contribution in [3.8, 4) is 0 Å². The number of nitrogens with zero attached hydrogens (tertiary/aromatic N) is 1. The molecule has 2 rings (SSSR count). The lowest BCUT2D eigenvalue weighted by Crippen LogP contribution is -2.59. The number of amides is 1. The molecule has 0 aromatic carbocycles. The molecule has 1 saturated carbocycles. The highest BCUT2D eigenvalue weighted by Gasteiger charge is 2.42. The van der Waals surface area contributed by atoms with Crippen molar-refractivity contribution in [2.75, 3.05) is 31.8 Å². The van der Waals surface area contributed by atoms with Crippen molar-refractivity contribution in [1.29, 1.82) is 0 Å². The molecule has 2 aliphatic rings. The van der Waals surface area contributed by atoms with Gasteiger partial charge in [-0.05, 0) is 19.3 Å². The van der Waals surface area contributed by atoms with Crippen LogP contribution in [0.25, 0.3) is 0 Å². The Hall–Kier alpha value is -0.660. The molecule has 1 aliphatic carbocycles. The number of methoxy groups -OCH3 is 1. The highest BCUT2D eigenvalue weighted by atomic mass is 32.2. The zero-order valence-corrected chi connectivity index (χ0v) is 13.5. The third-order valence-corrected chi connectivity index (χ3v) is 6.37. The Balaban J connectivity index is 2.13. The van der Waals surface area contributed by atoms with Gasteiger partial charge in [0.1, 0.15) is 0 Å². The van der Waals surface area contributed by atoms with Crippen LogP contribution in [0.5, 0.6) is 0 Å². The molecule has 1 heterocycles. The lowest BCUT2D eigenvalue weighted by Gasteiger charge is -2.39. The van der Waals surface area contributed by atoms with E-state index < -0.39 is 15.4 Å². The second kappa shape index (κ2) is 6.62. The number of ether oxygens (including phenoxy) is 1. The number of nitrogens with two attached hydrogens (primary N) is 1. The summed E-state index contributed by atoms with van der Waals surface area (Å²) in [7, 11) is -1.45. The lowest BCUT2D eigenvalue weighted by atomic mass is 9.81. The summed E-state index contributed by atoms with van der Waals surface area (Å²) in [6.45, 7) is 0.812. The van der Waals surface area contributed by atoms with Crippen molar-refractivity contribution in [2.45, 2.75) is 50.1 Å². The smallest absolute Gasteiger partial charge is 0.243 e. The Morgan fingerprint density at radius 2 is 2.00 bits per heavy atom. The zero-order valence-electron chi connectivity index (χ0n) is 12.7. The average Bonchev–Trinajstić information content (AvgIpc) is 2.80. The molecule has 1 unspecified atom stereocenters. The summed E-state index contributed by atoms with van der Waals surface area (Å²) < 4.78 is 28.5. The van der Waals surface area contributed by atoms with Crippen LogP contribution in [0.3, 0.4) is 0 Å². The quantitative estimate of drug-likeness (QED) is 0.788. The average molecular weight is 318 g/mol. The topological polar surface area (TPSA) is 89.7 Å². The lowest BCUT2D eigenvalue weighted by molar-refractivity contribution is -0.141. The van der Waals surface area contributed by atoms with E-state index >= 15 is 0 Å². The zero-order chi connectivity index (χ0) is 15.5. The minimum Gasteiger partial charge on any atom is -0.383 e. The number of hydrogen-bond acceptors (Lipinski definition) is 5. The van der Waals surface area contributed by atoms with Gasteiger partial charge in [0.2, 0.25) is 5.91 Å². The molecule has 0 bridgehead atoms. The summed E-state index contributed by atoms with van der Waals surface area (Å²) in [6, 6.07) is -0.250. The number of hydrogen-bond donors (Lipinski definition) is 1. The molecule has 2 N–H and O–H groups in total. The minimum atomic E-state index is -3.03. The van der Waals surface area contributed by atoms with Gasteiger partial charge in [0.05, 0.1) is 23.7 Å². The van der Waals surface area contributed by atoms with Gasteiger partial charge in [-0.2, -0.15) is 0 Å². The number of sulfone groups is 1. The van der Waals surface area contributed by atoms with Crippen LogP contribution in [0.1, 0.15) is 38.5 Å². The molecule has 1 saturated heterocycles. The molecular formula is C14H26N2O4S. The van der Waals surface area contributed by atoms with Gasteiger partial charge in [0.15, 0.2) is 9.84 Å². The SMILES string of the molecule is COCCN(C(=O)C1(N)CCCCC1)C1CCS(=O)(=O)C1. The molecule has 21 heavy (non-hydrogen) atoms. The Morgan fingerprint density at radius 3 is 2.52 bits per heavy atom. The Labute approximate surface area is 126 Å². The second-order valence-corrected chi connectivity index (χ2v) is 8.49. The van der Waals surface area contributed by atoms with Gasteiger partial charge >= 0.3 is 0 Å². The third-order valence-electron chi connectivity index (χ3n) is 4.62. The van der Waals surface area contributed by atoms with Crippen molar-refractivity contribution < 1.29 is 17.9 Å². The first kappa shape index (κ1) is 16.7. The third kappa shape index (κ3) is 3.96. The molecule has 0 spiro atoms. The molecule has 1 aliphatic heterocycles. The summed E-state index contributed by atoms with van der Waals surface area (Å²) in [6.07, 6.45) is 4.92. The van der Waals surface area contributed by atoms with E-state index in [2.05, 4.69) is 0 Å². The maximum atomic E-state index is 12.9.